The van der Waals surface area contributed by atoms with Gasteiger partial charge in [-0.2, -0.15) is 0 Å². The Balaban J connectivity index is 1.31. The first-order valence-corrected chi connectivity index (χ1v) is 16.9. The largest absolute Gasteiger partial charge is 0.300 e. The van der Waals surface area contributed by atoms with Crippen LogP contribution in [0, 0.1) is 5.41 Å². The number of fused-ring (bicyclic) bond motifs is 9. The number of allylic oxidation sites excluding steroid dienone is 5. The molecule has 6 aromatic carbocycles. The van der Waals surface area contributed by atoms with Crippen molar-refractivity contribution in [3.63, 3.8) is 0 Å². The van der Waals surface area contributed by atoms with Crippen LogP contribution in [-0.2, 0) is 0 Å². The van der Waals surface area contributed by atoms with Gasteiger partial charge in [-0.15, -0.1) is 0 Å². The van der Waals surface area contributed by atoms with E-state index in [1.54, 1.807) is 0 Å². The number of aromatic nitrogens is 1. The third kappa shape index (κ3) is 4.35. The summed E-state index contributed by atoms with van der Waals surface area (Å²) in [6.07, 6.45) is 7.84. The molecule has 0 atom stereocenters. The molecule has 2 aliphatic rings. The monoisotopic (exact) mass is 625 g/mol. The SMILES string of the molecule is N=C1C=CC=C/C1=C(/Nn1c2ccccc2c2c3ccccc3c3c(c21)Sc1ccccc1S3)c1ccc(-c2ccccc2)cc1. The van der Waals surface area contributed by atoms with Crippen LogP contribution in [0.4, 0.5) is 0 Å². The summed E-state index contributed by atoms with van der Waals surface area (Å²) in [5, 5.41) is 13.9. The van der Waals surface area contributed by atoms with Gasteiger partial charge in [-0.3, -0.25) is 10.1 Å². The molecule has 0 bridgehead atoms. The predicted octanol–water partition coefficient (Wildman–Crippen LogP) is 11.3. The van der Waals surface area contributed by atoms with Gasteiger partial charge in [0.15, 0.2) is 0 Å². The Bertz CT molecular complexity index is 2450. The van der Waals surface area contributed by atoms with Crippen molar-refractivity contribution in [1.82, 2.24) is 4.68 Å². The van der Waals surface area contributed by atoms with Crippen molar-refractivity contribution >= 4 is 67.5 Å². The zero-order chi connectivity index (χ0) is 30.6. The van der Waals surface area contributed by atoms with E-state index in [9.17, 15) is 0 Å². The average molecular weight is 626 g/mol. The van der Waals surface area contributed by atoms with E-state index in [0.29, 0.717) is 5.71 Å². The summed E-state index contributed by atoms with van der Waals surface area (Å²) < 4.78 is 2.27. The molecular formula is C41H27N3S2. The lowest BCUT2D eigenvalue weighted by atomic mass is 9.97. The van der Waals surface area contributed by atoms with Gasteiger partial charge in [0, 0.05) is 36.6 Å². The molecule has 5 heteroatoms. The summed E-state index contributed by atoms with van der Waals surface area (Å²) in [7, 11) is 0. The van der Waals surface area contributed by atoms with Gasteiger partial charge >= 0.3 is 0 Å². The minimum Gasteiger partial charge on any atom is -0.300 e. The number of hydrogen-bond acceptors (Lipinski definition) is 4. The van der Waals surface area contributed by atoms with Gasteiger partial charge in [-0.05, 0) is 46.2 Å². The summed E-state index contributed by atoms with van der Waals surface area (Å²) in [6.45, 7) is 0. The van der Waals surface area contributed by atoms with Gasteiger partial charge in [0.25, 0.3) is 0 Å². The van der Waals surface area contributed by atoms with E-state index in [1.807, 2.05) is 53.9 Å². The Morgan fingerprint density at radius 3 is 1.93 bits per heavy atom. The van der Waals surface area contributed by atoms with Crippen LogP contribution in [0.15, 0.2) is 177 Å². The first-order valence-electron chi connectivity index (χ1n) is 15.3. The Morgan fingerprint density at radius 2 is 1.17 bits per heavy atom. The van der Waals surface area contributed by atoms with Crippen LogP contribution in [0.25, 0.3) is 49.4 Å². The minimum absolute atomic E-state index is 0.476. The van der Waals surface area contributed by atoms with Crippen molar-refractivity contribution in [1.29, 1.82) is 5.41 Å². The second-order valence-electron chi connectivity index (χ2n) is 11.4. The number of rotatable bonds is 4. The van der Waals surface area contributed by atoms with Crippen LogP contribution in [0.1, 0.15) is 5.56 Å². The molecule has 0 unspecified atom stereocenters. The molecule has 0 amide bonds. The Labute approximate surface area is 275 Å². The molecule has 218 valence electrons. The Kier molecular flexibility index (Phi) is 6.47. The maximum Gasteiger partial charge on any atom is 0.0867 e. The number of nitrogens with zero attached hydrogens (tertiary/aromatic N) is 1. The highest BCUT2D eigenvalue weighted by atomic mass is 32.2. The number of para-hydroxylation sites is 1. The molecule has 1 aliphatic carbocycles. The third-order valence-corrected chi connectivity index (χ3v) is 11.4. The molecule has 0 saturated heterocycles. The van der Waals surface area contributed by atoms with Gasteiger partial charge in [0.1, 0.15) is 0 Å². The second kappa shape index (κ2) is 11.0. The highest BCUT2D eigenvalue weighted by Gasteiger charge is 2.27. The van der Waals surface area contributed by atoms with Crippen molar-refractivity contribution < 1.29 is 0 Å². The zero-order valence-corrected chi connectivity index (χ0v) is 26.3. The topological polar surface area (TPSA) is 40.8 Å². The quantitative estimate of drug-likeness (QED) is 0.204. The Morgan fingerprint density at radius 1 is 0.565 bits per heavy atom. The van der Waals surface area contributed by atoms with Gasteiger partial charge < -0.3 is 5.41 Å². The van der Waals surface area contributed by atoms with E-state index in [-0.39, 0.29) is 0 Å². The highest BCUT2D eigenvalue weighted by molar-refractivity contribution is 8.05. The van der Waals surface area contributed by atoms with Gasteiger partial charge in [-0.25, -0.2) is 0 Å². The molecule has 3 nitrogen and oxygen atoms in total. The molecule has 2 N–H and O–H groups in total. The van der Waals surface area contributed by atoms with Crippen LogP contribution in [0.5, 0.6) is 0 Å². The van der Waals surface area contributed by atoms with Crippen LogP contribution >= 0.6 is 23.5 Å². The molecule has 1 aromatic heterocycles. The summed E-state index contributed by atoms with van der Waals surface area (Å²) in [5.74, 6) is 0. The van der Waals surface area contributed by atoms with Crippen molar-refractivity contribution in [2.24, 2.45) is 0 Å². The first kappa shape index (κ1) is 27.1. The molecule has 0 radical (unpaired) electrons. The Hall–Kier alpha value is -5.23. The lowest BCUT2D eigenvalue weighted by Gasteiger charge is -2.24. The van der Waals surface area contributed by atoms with E-state index in [4.69, 9.17) is 5.41 Å². The van der Waals surface area contributed by atoms with Crippen molar-refractivity contribution in [3.05, 3.63) is 163 Å². The average Bonchev–Trinajstić information content (AvgIpc) is 3.45. The highest BCUT2D eigenvalue weighted by Crippen LogP contribution is 2.55. The van der Waals surface area contributed by atoms with Crippen LogP contribution in [0.2, 0.25) is 0 Å². The molecule has 2 heterocycles. The maximum atomic E-state index is 8.94. The molecule has 0 spiro atoms. The molecule has 1 aliphatic heterocycles. The third-order valence-electron chi connectivity index (χ3n) is 8.71. The fraction of sp³-hybridized carbons (Fsp3) is 0. The summed E-state index contributed by atoms with van der Waals surface area (Å²) >= 11 is 3.71. The van der Waals surface area contributed by atoms with Crippen molar-refractivity contribution in [2.45, 2.75) is 19.6 Å². The first-order chi connectivity index (χ1) is 22.7. The molecule has 46 heavy (non-hydrogen) atoms. The molecule has 0 saturated carbocycles. The number of benzene rings is 6. The fourth-order valence-corrected chi connectivity index (χ4v) is 9.10. The van der Waals surface area contributed by atoms with E-state index in [2.05, 4.69) is 131 Å². The molecular weight excluding hydrogens is 599 g/mol. The summed E-state index contributed by atoms with van der Waals surface area (Å²) in [5.41, 5.74) is 11.7. The smallest absolute Gasteiger partial charge is 0.0867 e. The van der Waals surface area contributed by atoms with Crippen molar-refractivity contribution in [3.8, 4) is 11.1 Å². The molecule has 0 fully saturated rings. The maximum absolute atomic E-state index is 8.94. The van der Waals surface area contributed by atoms with Gasteiger partial charge in [-0.1, -0.05) is 151 Å². The second-order valence-corrected chi connectivity index (χ2v) is 13.5. The van der Waals surface area contributed by atoms with Gasteiger partial charge in [0.2, 0.25) is 0 Å². The summed E-state index contributed by atoms with van der Waals surface area (Å²) in [4.78, 5) is 5.09. The normalized spacial score (nSPS) is 14.9. The molecule has 7 aromatic rings. The van der Waals surface area contributed by atoms with E-state index < -0.39 is 0 Å². The summed E-state index contributed by atoms with van der Waals surface area (Å²) in [6, 6.07) is 45.3. The fourth-order valence-electron chi connectivity index (χ4n) is 6.56. The van der Waals surface area contributed by atoms with Crippen LogP contribution in [-0.4, -0.2) is 10.4 Å². The standard InChI is InChI=1S/C41H27N3S2/c42-33-18-8-6-16-31(33)38(28-24-22-27(23-25-28)26-12-2-1-3-13-26)43-44-34-19-9-7-17-32(34)37-29-14-4-5-15-30(29)40-41(39(37)44)46-36-21-11-10-20-35(36)45-40/h1-25,42-43H/b38-31-,42-33?. The number of hydrogen-bond donors (Lipinski definition) is 2. The van der Waals surface area contributed by atoms with Crippen LogP contribution < -0.4 is 5.43 Å². The minimum atomic E-state index is 0.476. The van der Waals surface area contributed by atoms with E-state index in [1.165, 1.54) is 46.7 Å². The van der Waals surface area contributed by atoms with E-state index in [0.717, 1.165) is 33.4 Å². The zero-order valence-electron chi connectivity index (χ0n) is 24.7. The number of nitrogens with one attached hydrogen (secondary N) is 2. The van der Waals surface area contributed by atoms with E-state index >= 15 is 0 Å². The lowest BCUT2D eigenvalue weighted by molar-refractivity contribution is 1.03. The van der Waals surface area contributed by atoms with Crippen molar-refractivity contribution in [2.75, 3.05) is 5.43 Å². The lowest BCUT2D eigenvalue weighted by Crippen LogP contribution is -2.18. The van der Waals surface area contributed by atoms with Gasteiger partial charge in [0.05, 0.1) is 27.3 Å². The van der Waals surface area contributed by atoms with Crippen LogP contribution in [0.3, 0.4) is 0 Å². The predicted molar refractivity (Wildman–Crippen MR) is 196 cm³/mol. The molecule has 9 rings (SSSR count).